The van der Waals surface area contributed by atoms with Crippen LogP contribution in [0.3, 0.4) is 0 Å². The van der Waals surface area contributed by atoms with Crippen molar-refractivity contribution in [2.45, 2.75) is 95.7 Å². The molecule has 1 heteroatoms. The van der Waals surface area contributed by atoms with Crippen molar-refractivity contribution < 1.29 is 0 Å². The number of hydrogen-bond acceptors (Lipinski definition) is 1. The zero-order valence-electron chi connectivity index (χ0n) is 11.7. The van der Waals surface area contributed by atoms with Crippen LogP contribution in [-0.4, -0.2) is 23.0 Å². The number of nitrogens with zero attached hydrogens (tertiary/aromatic N) is 1. The van der Waals surface area contributed by atoms with E-state index in [1.54, 1.807) is 0 Å². The molecule has 0 N–H and O–H groups in total. The summed E-state index contributed by atoms with van der Waals surface area (Å²) in [5.74, 6) is 0. The highest BCUT2D eigenvalue weighted by molar-refractivity contribution is 4.88. The van der Waals surface area contributed by atoms with Gasteiger partial charge in [0.2, 0.25) is 0 Å². The molecule has 0 spiro atoms. The summed E-state index contributed by atoms with van der Waals surface area (Å²) in [6.45, 7) is 6.74. The van der Waals surface area contributed by atoms with Crippen molar-refractivity contribution in [3.05, 3.63) is 6.92 Å². The van der Waals surface area contributed by atoms with Crippen LogP contribution in [0.15, 0.2) is 0 Å². The topological polar surface area (TPSA) is 3.24 Å². The van der Waals surface area contributed by atoms with Crippen LogP contribution in [0, 0.1) is 6.92 Å². The summed E-state index contributed by atoms with van der Waals surface area (Å²) in [5, 5.41) is 0. The van der Waals surface area contributed by atoms with Gasteiger partial charge >= 0.3 is 0 Å². The molecule has 1 atom stereocenters. The van der Waals surface area contributed by atoms with Gasteiger partial charge in [0.15, 0.2) is 0 Å². The molecule has 1 radical (unpaired) electrons. The molecule has 0 aromatic carbocycles. The Hall–Kier alpha value is -0.0400. The molecule has 2 aliphatic rings. The third kappa shape index (κ3) is 3.47. The second-order valence-corrected chi connectivity index (χ2v) is 6.09. The Kier molecular flexibility index (Phi) is 5.34. The van der Waals surface area contributed by atoms with Crippen molar-refractivity contribution in [2.24, 2.45) is 0 Å². The normalized spacial score (nSPS) is 26.3. The van der Waals surface area contributed by atoms with E-state index in [1.165, 1.54) is 70.6 Å². The molecule has 0 amide bonds. The van der Waals surface area contributed by atoms with E-state index >= 15 is 0 Å². The quantitative estimate of drug-likeness (QED) is 0.691. The lowest BCUT2D eigenvalue weighted by Gasteiger charge is -2.45. The fraction of sp³-hybridized carbons (Fsp3) is 0.938. The molecular weight excluding hydrogens is 206 g/mol. The first kappa shape index (κ1) is 13.4. The second-order valence-electron chi connectivity index (χ2n) is 6.09. The van der Waals surface area contributed by atoms with E-state index in [0.29, 0.717) is 6.04 Å². The maximum Gasteiger partial charge on any atom is 0.0101 e. The van der Waals surface area contributed by atoms with Crippen LogP contribution in [0.2, 0.25) is 0 Å². The van der Waals surface area contributed by atoms with Crippen molar-refractivity contribution in [1.82, 2.24) is 4.90 Å². The van der Waals surface area contributed by atoms with Crippen molar-refractivity contribution >= 4 is 0 Å². The first-order valence-corrected chi connectivity index (χ1v) is 7.93. The average molecular weight is 236 g/mol. The summed E-state index contributed by atoms with van der Waals surface area (Å²) in [6.07, 6.45) is 15.7. The minimum Gasteiger partial charge on any atom is -0.295 e. The smallest absolute Gasteiger partial charge is 0.0101 e. The van der Waals surface area contributed by atoms with Crippen LogP contribution in [0.4, 0.5) is 0 Å². The van der Waals surface area contributed by atoms with Gasteiger partial charge in [-0.15, -0.1) is 0 Å². The number of rotatable bonds is 4. The summed E-state index contributed by atoms with van der Waals surface area (Å²) < 4.78 is 0. The highest BCUT2D eigenvalue weighted by atomic mass is 15.2. The Morgan fingerprint density at radius 1 is 0.882 bits per heavy atom. The van der Waals surface area contributed by atoms with Crippen LogP contribution in [-0.2, 0) is 0 Å². The Morgan fingerprint density at radius 2 is 1.29 bits per heavy atom. The van der Waals surface area contributed by atoms with Crippen LogP contribution in [0.25, 0.3) is 0 Å². The Balaban J connectivity index is 2.00. The van der Waals surface area contributed by atoms with E-state index in [-0.39, 0.29) is 0 Å². The molecule has 1 unspecified atom stereocenters. The van der Waals surface area contributed by atoms with Crippen LogP contribution >= 0.6 is 0 Å². The summed E-state index contributed by atoms with van der Waals surface area (Å²) in [6, 6.07) is 2.27. The monoisotopic (exact) mass is 236 g/mol. The van der Waals surface area contributed by atoms with Gasteiger partial charge in [0, 0.05) is 18.1 Å². The standard InChI is InChI=1S/C16H30N/c1-3-14(2)17(15-10-6-4-7-11-15)16-12-8-5-9-13-16/h14-16H,2-13H2,1H3. The van der Waals surface area contributed by atoms with E-state index in [9.17, 15) is 0 Å². The fourth-order valence-corrected chi connectivity index (χ4v) is 3.86. The van der Waals surface area contributed by atoms with Crippen molar-refractivity contribution in [3.63, 3.8) is 0 Å². The minimum atomic E-state index is 0.557. The minimum absolute atomic E-state index is 0.557. The molecule has 1 nitrogen and oxygen atoms in total. The molecule has 0 aliphatic heterocycles. The van der Waals surface area contributed by atoms with Gasteiger partial charge < -0.3 is 0 Å². The predicted octanol–water partition coefficient (Wildman–Crippen LogP) is 4.57. The zero-order chi connectivity index (χ0) is 12.1. The van der Waals surface area contributed by atoms with Gasteiger partial charge in [-0.05, 0) is 39.0 Å². The van der Waals surface area contributed by atoms with Gasteiger partial charge in [0.25, 0.3) is 0 Å². The molecule has 2 saturated carbocycles. The molecule has 2 fully saturated rings. The summed E-state index contributed by atoms with van der Waals surface area (Å²) in [7, 11) is 0. The molecular formula is C16H30N. The zero-order valence-corrected chi connectivity index (χ0v) is 11.7. The largest absolute Gasteiger partial charge is 0.295 e. The van der Waals surface area contributed by atoms with Gasteiger partial charge in [-0.3, -0.25) is 4.90 Å². The average Bonchev–Trinajstić information content (AvgIpc) is 2.41. The lowest BCUT2D eigenvalue weighted by atomic mass is 9.87. The lowest BCUT2D eigenvalue weighted by Crippen LogP contribution is -2.49. The molecule has 2 aliphatic carbocycles. The van der Waals surface area contributed by atoms with Gasteiger partial charge in [-0.1, -0.05) is 45.4 Å². The second kappa shape index (κ2) is 6.78. The van der Waals surface area contributed by atoms with Gasteiger partial charge in [-0.2, -0.15) is 0 Å². The highest BCUT2D eigenvalue weighted by Gasteiger charge is 2.31. The van der Waals surface area contributed by atoms with Crippen LogP contribution < -0.4 is 0 Å². The first-order valence-electron chi connectivity index (χ1n) is 7.93. The number of hydrogen-bond donors (Lipinski definition) is 0. The van der Waals surface area contributed by atoms with Crippen molar-refractivity contribution in [1.29, 1.82) is 0 Å². The third-order valence-corrected chi connectivity index (χ3v) is 4.89. The van der Waals surface area contributed by atoms with E-state index in [2.05, 4.69) is 18.7 Å². The maximum absolute atomic E-state index is 4.43. The van der Waals surface area contributed by atoms with Gasteiger partial charge in [0.1, 0.15) is 0 Å². The molecule has 99 valence electrons. The van der Waals surface area contributed by atoms with Crippen molar-refractivity contribution in [2.75, 3.05) is 0 Å². The third-order valence-electron chi connectivity index (χ3n) is 4.89. The molecule has 0 bridgehead atoms. The molecule has 0 saturated heterocycles. The molecule has 17 heavy (non-hydrogen) atoms. The van der Waals surface area contributed by atoms with E-state index in [4.69, 9.17) is 0 Å². The van der Waals surface area contributed by atoms with Crippen LogP contribution in [0.1, 0.15) is 77.6 Å². The maximum atomic E-state index is 4.43. The molecule has 0 heterocycles. The van der Waals surface area contributed by atoms with Crippen molar-refractivity contribution in [3.8, 4) is 0 Å². The van der Waals surface area contributed by atoms with Gasteiger partial charge in [-0.25, -0.2) is 0 Å². The SMILES string of the molecule is [CH2]C(CC)N(C1CCCCC1)C1CCCCC1. The van der Waals surface area contributed by atoms with Gasteiger partial charge in [0.05, 0.1) is 0 Å². The summed E-state index contributed by atoms with van der Waals surface area (Å²) in [4.78, 5) is 2.83. The summed E-state index contributed by atoms with van der Waals surface area (Å²) in [5.41, 5.74) is 0. The van der Waals surface area contributed by atoms with Crippen LogP contribution in [0.5, 0.6) is 0 Å². The highest BCUT2D eigenvalue weighted by Crippen LogP contribution is 2.32. The Bertz CT molecular complexity index is 184. The Labute approximate surface area is 108 Å². The fourth-order valence-electron chi connectivity index (χ4n) is 3.86. The molecule has 0 aromatic rings. The van der Waals surface area contributed by atoms with E-state index in [0.717, 1.165) is 12.1 Å². The molecule has 2 rings (SSSR count). The van der Waals surface area contributed by atoms with E-state index in [1.807, 2.05) is 0 Å². The van der Waals surface area contributed by atoms with E-state index < -0.39 is 0 Å². The summed E-state index contributed by atoms with van der Waals surface area (Å²) >= 11 is 0. The predicted molar refractivity (Wildman–Crippen MR) is 75.0 cm³/mol. The Morgan fingerprint density at radius 3 is 1.65 bits per heavy atom. The molecule has 0 aromatic heterocycles. The lowest BCUT2D eigenvalue weighted by molar-refractivity contribution is 0.0525. The first-order chi connectivity index (χ1) is 8.33.